The number of carbonyl (C=O) groups is 1. The van der Waals surface area contributed by atoms with Gasteiger partial charge < -0.3 is 10.1 Å². The fourth-order valence-corrected chi connectivity index (χ4v) is 4.08. The van der Waals surface area contributed by atoms with Crippen LogP contribution in [0.1, 0.15) is 4.88 Å². The van der Waals surface area contributed by atoms with Crippen LogP contribution in [-0.4, -0.2) is 20.4 Å². The van der Waals surface area contributed by atoms with Gasteiger partial charge in [-0.1, -0.05) is 35.6 Å². The fraction of sp³-hybridized carbons (Fsp3) is 0.100. The molecule has 2 aromatic carbocycles. The van der Waals surface area contributed by atoms with Crippen LogP contribution in [0.4, 0.5) is 5.13 Å². The van der Waals surface area contributed by atoms with E-state index in [1.165, 1.54) is 22.2 Å². The Morgan fingerprint density at radius 1 is 1.18 bits per heavy atom. The normalized spacial score (nSPS) is 12.1. The van der Waals surface area contributed by atoms with Crippen LogP contribution in [-0.2, 0) is 17.9 Å². The van der Waals surface area contributed by atoms with Crippen LogP contribution in [0.3, 0.4) is 0 Å². The van der Waals surface area contributed by atoms with Crippen molar-refractivity contribution < 1.29 is 9.53 Å². The molecule has 0 radical (unpaired) electrons. The van der Waals surface area contributed by atoms with Crippen LogP contribution < -0.4 is 15.6 Å². The van der Waals surface area contributed by atoms with Gasteiger partial charge in [0.25, 0.3) is 5.56 Å². The van der Waals surface area contributed by atoms with Gasteiger partial charge in [-0.05, 0) is 24.3 Å². The molecular weight excluding hydrogens is 376 g/mol. The summed E-state index contributed by atoms with van der Waals surface area (Å²) in [5.41, 5.74) is 2.10. The van der Waals surface area contributed by atoms with Crippen LogP contribution >= 0.6 is 11.3 Å². The van der Waals surface area contributed by atoms with Crippen molar-refractivity contribution >= 4 is 33.3 Å². The molecule has 1 amide bonds. The van der Waals surface area contributed by atoms with Crippen LogP contribution in [0.15, 0.2) is 59.7 Å². The molecule has 138 valence electrons. The number of rotatable bonds is 3. The molecule has 4 aromatic rings. The summed E-state index contributed by atoms with van der Waals surface area (Å²) in [5.74, 6) is 0.450. The van der Waals surface area contributed by atoms with Crippen LogP contribution in [0.5, 0.6) is 5.75 Å². The molecular formula is C20H14N4O3S. The zero-order valence-corrected chi connectivity index (χ0v) is 15.4. The van der Waals surface area contributed by atoms with E-state index in [-0.39, 0.29) is 18.0 Å². The van der Waals surface area contributed by atoms with Gasteiger partial charge in [0.1, 0.15) is 18.9 Å². The molecule has 0 saturated carbocycles. The number of hydrogen-bond donors (Lipinski definition) is 1. The minimum absolute atomic E-state index is 0.131. The third-order valence-corrected chi connectivity index (χ3v) is 5.43. The Labute approximate surface area is 163 Å². The molecule has 0 spiro atoms. The molecule has 3 heterocycles. The fourth-order valence-electron chi connectivity index (χ4n) is 3.18. The summed E-state index contributed by atoms with van der Waals surface area (Å²) in [6, 6.07) is 14.7. The summed E-state index contributed by atoms with van der Waals surface area (Å²) in [5, 5.41) is 3.75. The lowest BCUT2D eigenvalue weighted by atomic mass is 10.1. The van der Waals surface area contributed by atoms with E-state index < -0.39 is 0 Å². The van der Waals surface area contributed by atoms with Gasteiger partial charge in [-0.15, -0.1) is 0 Å². The number of amides is 1. The molecule has 1 N–H and O–H groups in total. The molecule has 0 saturated heterocycles. The monoisotopic (exact) mass is 390 g/mol. The molecule has 0 aliphatic carbocycles. The largest absolute Gasteiger partial charge is 0.487 e. The molecule has 28 heavy (non-hydrogen) atoms. The lowest BCUT2D eigenvalue weighted by Gasteiger charge is -2.15. The van der Waals surface area contributed by atoms with E-state index in [1.807, 2.05) is 30.3 Å². The number of benzene rings is 2. The maximum Gasteiger partial charge on any atom is 0.261 e. The van der Waals surface area contributed by atoms with Crippen molar-refractivity contribution in [3.05, 3.63) is 70.1 Å². The third kappa shape index (κ3) is 2.84. The van der Waals surface area contributed by atoms with E-state index in [1.54, 1.807) is 18.2 Å². The Hall–Kier alpha value is -3.52. The maximum atomic E-state index is 12.5. The van der Waals surface area contributed by atoms with E-state index in [0.29, 0.717) is 22.6 Å². The second-order valence-electron chi connectivity index (χ2n) is 6.32. The lowest BCUT2D eigenvalue weighted by Crippen LogP contribution is -2.27. The van der Waals surface area contributed by atoms with E-state index in [2.05, 4.69) is 15.3 Å². The molecule has 5 rings (SSSR count). The maximum absolute atomic E-state index is 12.5. The highest BCUT2D eigenvalue weighted by molar-refractivity contribution is 7.16. The first-order valence-corrected chi connectivity index (χ1v) is 9.46. The first-order valence-electron chi connectivity index (χ1n) is 8.65. The van der Waals surface area contributed by atoms with Gasteiger partial charge in [0, 0.05) is 5.56 Å². The number of aromatic nitrogens is 3. The zero-order valence-electron chi connectivity index (χ0n) is 14.6. The zero-order chi connectivity index (χ0) is 19.1. The van der Waals surface area contributed by atoms with Crippen molar-refractivity contribution in [3.63, 3.8) is 0 Å². The molecule has 7 nitrogen and oxygen atoms in total. The van der Waals surface area contributed by atoms with Crippen molar-refractivity contribution in [1.29, 1.82) is 0 Å². The molecule has 0 unspecified atom stereocenters. The predicted molar refractivity (Wildman–Crippen MR) is 107 cm³/mol. The number of anilines is 1. The molecule has 8 heteroatoms. The second kappa shape index (κ2) is 6.58. The van der Waals surface area contributed by atoms with E-state index >= 15 is 0 Å². The minimum atomic E-state index is -0.334. The number of hydrogen-bond acceptors (Lipinski definition) is 6. The van der Waals surface area contributed by atoms with Gasteiger partial charge >= 0.3 is 0 Å². The van der Waals surface area contributed by atoms with Crippen molar-refractivity contribution in [2.45, 2.75) is 13.2 Å². The molecule has 0 fully saturated rings. The Bertz CT molecular complexity index is 1280. The van der Waals surface area contributed by atoms with Crippen molar-refractivity contribution in [2.24, 2.45) is 0 Å². The van der Waals surface area contributed by atoms with E-state index in [4.69, 9.17) is 4.74 Å². The first kappa shape index (κ1) is 16.6. The minimum Gasteiger partial charge on any atom is -0.487 e. The number of thiazole rings is 1. The highest BCUT2D eigenvalue weighted by Gasteiger charge is 2.22. The van der Waals surface area contributed by atoms with Crippen molar-refractivity contribution in [1.82, 2.24) is 14.5 Å². The van der Waals surface area contributed by atoms with Crippen LogP contribution in [0.25, 0.3) is 22.2 Å². The summed E-state index contributed by atoms with van der Waals surface area (Å²) in [7, 11) is 0. The summed E-state index contributed by atoms with van der Waals surface area (Å²) < 4.78 is 7.02. The molecule has 1 aliphatic heterocycles. The van der Waals surface area contributed by atoms with Crippen LogP contribution in [0.2, 0.25) is 0 Å². The number of nitrogens with one attached hydrogen (secondary N) is 1. The Morgan fingerprint density at radius 2 is 2.00 bits per heavy atom. The summed E-state index contributed by atoms with van der Waals surface area (Å²) in [6.07, 6.45) is 1.39. The number of carbonyl (C=O) groups excluding carboxylic acids is 1. The van der Waals surface area contributed by atoms with Gasteiger partial charge in [-0.3, -0.25) is 14.2 Å². The van der Waals surface area contributed by atoms with Gasteiger partial charge in [-0.25, -0.2) is 9.97 Å². The topological polar surface area (TPSA) is 86.1 Å². The summed E-state index contributed by atoms with van der Waals surface area (Å²) >= 11 is 1.37. The molecule has 0 bridgehead atoms. The van der Waals surface area contributed by atoms with E-state index in [0.717, 1.165) is 21.9 Å². The standard InChI is InChI=1S/C20H14N4O3S/c25-17(9-24-11-21-14-7-3-1-5-12(14)19(24)26)22-20-23-18-13-6-2-4-8-15(13)27-10-16(18)28-20/h1-8,11H,9-10H2,(H,22,23,25). The van der Waals surface area contributed by atoms with Gasteiger partial charge in [0.05, 0.1) is 27.8 Å². The summed E-state index contributed by atoms with van der Waals surface area (Å²) in [4.78, 5) is 34.7. The molecule has 2 aromatic heterocycles. The number of ether oxygens (including phenoxy) is 1. The Balaban J connectivity index is 1.38. The van der Waals surface area contributed by atoms with E-state index in [9.17, 15) is 9.59 Å². The quantitative estimate of drug-likeness (QED) is 0.581. The van der Waals surface area contributed by atoms with Crippen molar-refractivity contribution in [3.8, 4) is 17.0 Å². The molecule has 1 aliphatic rings. The van der Waals surface area contributed by atoms with Gasteiger partial charge in [-0.2, -0.15) is 0 Å². The average molecular weight is 390 g/mol. The number of fused-ring (bicyclic) bond motifs is 4. The highest BCUT2D eigenvalue weighted by atomic mass is 32.1. The van der Waals surface area contributed by atoms with Crippen molar-refractivity contribution in [2.75, 3.05) is 5.32 Å². The Morgan fingerprint density at radius 3 is 2.93 bits per heavy atom. The molecule has 0 atom stereocenters. The second-order valence-corrected chi connectivity index (χ2v) is 7.40. The van der Waals surface area contributed by atoms with Crippen LogP contribution in [0, 0.1) is 0 Å². The smallest absolute Gasteiger partial charge is 0.261 e. The van der Waals surface area contributed by atoms with Gasteiger partial charge in [0.2, 0.25) is 5.91 Å². The SMILES string of the molecule is O=C(Cn1cnc2ccccc2c1=O)Nc1nc2c(s1)COc1ccccc1-2. The average Bonchev–Trinajstić information content (AvgIpc) is 3.13. The Kier molecular flexibility index (Phi) is 3.91. The highest BCUT2D eigenvalue weighted by Crippen LogP contribution is 2.40. The first-order chi connectivity index (χ1) is 13.7. The third-order valence-electron chi connectivity index (χ3n) is 4.49. The summed E-state index contributed by atoms with van der Waals surface area (Å²) in [6.45, 7) is 0.294. The predicted octanol–water partition coefficient (Wildman–Crippen LogP) is 3.05. The van der Waals surface area contributed by atoms with Gasteiger partial charge in [0.15, 0.2) is 5.13 Å². The lowest BCUT2D eigenvalue weighted by molar-refractivity contribution is -0.116. The number of para-hydroxylation sites is 2. The number of nitrogens with zero attached hydrogens (tertiary/aromatic N) is 3.